The van der Waals surface area contributed by atoms with E-state index in [4.69, 9.17) is 10.8 Å². The van der Waals surface area contributed by atoms with Gasteiger partial charge < -0.3 is 21.1 Å². The van der Waals surface area contributed by atoms with E-state index in [1.165, 1.54) is 0 Å². The molecule has 0 saturated heterocycles. The molecule has 0 aromatic heterocycles. The minimum atomic E-state index is -1.44. The Hall–Kier alpha value is -1.37. The maximum Gasteiger partial charge on any atom is 0.339 e. The van der Waals surface area contributed by atoms with Gasteiger partial charge in [0.15, 0.2) is 0 Å². The predicted octanol–water partition coefficient (Wildman–Crippen LogP) is 1.67. The molecule has 0 radical (unpaired) electrons. The average molecular weight is 294 g/mol. The van der Waals surface area contributed by atoms with Crippen molar-refractivity contribution in [1.82, 2.24) is 0 Å². The molecule has 0 heterocycles. The monoisotopic (exact) mass is 293 g/mol. The third-order valence-corrected chi connectivity index (χ3v) is 2.92. The van der Waals surface area contributed by atoms with Gasteiger partial charge in [-0.25, -0.2) is 9.18 Å². The summed E-state index contributed by atoms with van der Waals surface area (Å²) in [6, 6.07) is 0.806. The zero-order valence-electron chi connectivity index (χ0n) is 10.6. The first-order valence-corrected chi connectivity index (χ1v) is 5.33. The Morgan fingerprint density at radius 3 is 2.42 bits per heavy atom. The molecule has 1 atom stereocenters. The van der Waals surface area contributed by atoms with Crippen LogP contribution in [0.1, 0.15) is 35.8 Å². The molecule has 0 amide bonds. The first kappa shape index (κ1) is 17.6. The number of hydrogen-bond donors (Lipinski definition) is 4. The topological polar surface area (TPSA) is 104 Å². The van der Waals surface area contributed by atoms with Crippen molar-refractivity contribution < 1.29 is 24.5 Å². The molecule has 0 bridgehead atoms. The Morgan fingerprint density at radius 2 is 2.00 bits per heavy atom. The number of phenols is 1. The van der Waals surface area contributed by atoms with Crippen LogP contribution >= 0.6 is 12.4 Å². The minimum absolute atomic E-state index is 0. The van der Waals surface area contributed by atoms with Gasteiger partial charge in [-0.2, -0.15) is 0 Å². The van der Waals surface area contributed by atoms with E-state index >= 15 is 0 Å². The molecule has 1 aromatic rings. The number of aliphatic hydroxyl groups is 1. The van der Waals surface area contributed by atoms with Gasteiger partial charge in [-0.15, -0.1) is 12.4 Å². The quantitative estimate of drug-likeness (QED) is 0.676. The first-order valence-electron chi connectivity index (χ1n) is 5.33. The molecule has 19 heavy (non-hydrogen) atoms. The fourth-order valence-corrected chi connectivity index (χ4v) is 1.54. The van der Waals surface area contributed by atoms with E-state index < -0.39 is 34.6 Å². The number of nitrogens with two attached hydrogens (primary N) is 1. The Kier molecular flexibility index (Phi) is 5.74. The normalized spacial score (nSPS) is 12.7. The van der Waals surface area contributed by atoms with Crippen LogP contribution in [0.15, 0.2) is 12.1 Å². The second-order valence-electron chi connectivity index (χ2n) is 4.82. The molecule has 5 nitrogen and oxygen atoms in total. The minimum Gasteiger partial charge on any atom is -0.507 e. The van der Waals surface area contributed by atoms with Crippen LogP contribution in [0.25, 0.3) is 0 Å². The van der Waals surface area contributed by atoms with Crippen molar-refractivity contribution in [3.8, 4) is 5.75 Å². The molecule has 7 heteroatoms. The number of hydrogen-bond acceptors (Lipinski definition) is 4. The van der Waals surface area contributed by atoms with Crippen LogP contribution in [0.3, 0.4) is 0 Å². The summed E-state index contributed by atoms with van der Waals surface area (Å²) in [5.74, 6) is -2.82. The Bertz CT molecular complexity index is 479. The smallest absolute Gasteiger partial charge is 0.339 e. The summed E-state index contributed by atoms with van der Waals surface area (Å²) >= 11 is 0. The lowest BCUT2D eigenvalue weighted by Gasteiger charge is -2.30. The molecule has 5 N–H and O–H groups in total. The molecule has 0 fully saturated rings. The van der Waals surface area contributed by atoms with Crippen molar-refractivity contribution in [3.05, 3.63) is 29.1 Å². The van der Waals surface area contributed by atoms with Gasteiger partial charge in [0.2, 0.25) is 0 Å². The van der Waals surface area contributed by atoms with Crippen molar-refractivity contribution in [2.24, 2.45) is 11.1 Å². The third kappa shape index (κ3) is 3.56. The molecule has 0 spiro atoms. The van der Waals surface area contributed by atoms with Crippen LogP contribution in [-0.4, -0.2) is 27.9 Å². The van der Waals surface area contributed by atoms with Crippen molar-refractivity contribution in [2.45, 2.75) is 19.9 Å². The summed E-state index contributed by atoms with van der Waals surface area (Å²) in [6.45, 7) is 2.97. The summed E-state index contributed by atoms with van der Waals surface area (Å²) in [4.78, 5) is 10.9. The van der Waals surface area contributed by atoms with Crippen LogP contribution in [0, 0.1) is 11.2 Å². The van der Waals surface area contributed by atoms with Gasteiger partial charge in [-0.05, 0) is 12.1 Å². The highest BCUT2D eigenvalue weighted by atomic mass is 35.5. The summed E-state index contributed by atoms with van der Waals surface area (Å²) in [5, 5.41) is 27.8. The number of carbonyl (C=O) groups is 1. The number of benzene rings is 1. The van der Waals surface area contributed by atoms with Crippen molar-refractivity contribution in [1.29, 1.82) is 0 Å². The van der Waals surface area contributed by atoms with Gasteiger partial charge in [0.05, 0.1) is 0 Å². The van der Waals surface area contributed by atoms with E-state index in [9.17, 15) is 19.4 Å². The van der Waals surface area contributed by atoms with Gasteiger partial charge in [-0.1, -0.05) is 13.8 Å². The third-order valence-electron chi connectivity index (χ3n) is 2.92. The highest BCUT2D eigenvalue weighted by Crippen LogP contribution is 2.37. The van der Waals surface area contributed by atoms with Gasteiger partial charge in [0, 0.05) is 23.6 Å². The lowest BCUT2D eigenvalue weighted by atomic mass is 9.81. The molecule has 0 saturated carbocycles. The SMILES string of the molecule is CC(C)(CO)[C@H](N)c1cc(F)cc(C(=O)O)c1O.Cl. The molecule has 0 aliphatic heterocycles. The van der Waals surface area contributed by atoms with E-state index in [0.29, 0.717) is 0 Å². The Balaban J connectivity index is 0.00000324. The highest BCUT2D eigenvalue weighted by molar-refractivity contribution is 5.91. The first-order chi connectivity index (χ1) is 8.20. The molecule has 1 rings (SSSR count). The number of carboxylic acid groups (broad SMARTS) is 1. The molecule has 0 aliphatic rings. The second-order valence-corrected chi connectivity index (χ2v) is 4.82. The highest BCUT2D eigenvalue weighted by Gasteiger charge is 2.31. The number of aromatic carboxylic acids is 1. The summed E-state index contributed by atoms with van der Waals surface area (Å²) in [5.41, 5.74) is 4.44. The van der Waals surface area contributed by atoms with Gasteiger partial charge in [0.25, 0.3) is 0 Å². The summed E-state index contributed by atoms with van der Waals surface area (Å²) in [7, 11) is 0. The molecular weight excluding hydrogens is 277 g/mol. The Labute approximate surface area is 116 Å². The Morgan fingerprint density at radius 1 is 1.47 bits per heavy atom. The van der Waals surface area contributed by atoms with E-state index in [2.05, 4.69) is 0 Å². The zero-order valence-corrected chi connectivity index (χ0v) is 11.4. The lowest BCUT2D eigenvalue weighted by molar-refractivity contribution is 0.0692. The number of halogens is 2. The van der Waals surface area contributed by atoms with Crippen LogP contribution < -0.4 is 5.73 Å². The fourth-order valence-electron chi connectivity index (χ4n) is 1.54. The van der Waals surface area contributed by atoms with Gasteiger partial charge >= 0.3 is 5.97 Å². The maximum absolute atomic E-state index is 13.3. The standard InChI is InChI=1S/C12H16FNO4.ClH/c1-12(2,5-15)10(14)7-3-6(13)4-8(9(7)16)11(17)18;/h3-4,10,15-16H,5,14H2,1-2H3,(H,17,18);1H/t10-;/m1./s1. The molecule has 0 unspecified atom stereocenters. The van der Waals surface area contributed by atoms with E-state index in [1.54, 1.807) is 13.8 Å². The van der Waals surface area contributed by atoms with Crippen LogP contribution in [0.2, 0.25) is 0 Å². The predicted molar refractivity (Wildman–Crippen MR) is 70.1 cm³/mol. The van der Waals surface area contributed by atoms with Crippen LogP contribution in [0.4, 0.5) is 4.39 Å². The van der Waals surface area contributed by atoms with Gasteiger partial charge in [-0.3, -0.25) is 0 Å². The molecule has 1 aromatic carbocycles. The van der Waals surface area contributed by atoms with Crippen LogP contribution in [-0.2, 0) is 0 Å². The van der Waals surface area contributed by atoms with Crippen LogP contribution in [0.5, 0.6) is 5.75 Å². The van der Waals surface area contributed by atoms with E-state index in [0.717, 1.165) is 12.1 Å². The lowest BCUT2D eigenvalue weighted by Crippen LogP contribution is -2.32. The molecule has 0 aliphatic carbocycles. The average Bonchev–Trinajstić information content (AvgIpc) is 2.30. The van der Waals surface area contributed by atoms with E-state index in [1.807, 2.05) is 0 Å². The number of rotatable bonds is 4. The van der Waals surface area contributed by atoms with Crippen molar-refractivity contribution in [2.75, 3.05) is 6.61 Å². The maximum atomic E-state index is 13.3. The largest absolute Gasteiger partial charge is 0.507 e. The molecular formula is C12H17ClFNO4. The fraction of sp³-hybridized carbons (Fsp3) is 0.417. The number of aromatic hydroxyl groups is 1. The number of carboxylic acids is 1. The summed E-state index contributed by atoms with van der Waals surface area (Å²) in [6.07, 6.45) is 0. The van der Waals surface area contributed by atoms with Crippen molar-refractivity contribution in [3.63, 3.8) is 0 Å². The van der Waals surface area contributed by atoms with Gasteiger partial charge in [0.1, 0.15) is 17.1 Å². The molecule has 108 valence electrons. The summed E-state index contributed by atoms with van der Waals surface area (Å²) < 4.78 is 13.3. The second kappa shape index (κ2) is 6.18. The van der Waals surface area contributed by atoms with Crippen molar-refractivity contribution >= 4 is 18.4 Å². The number of aliphatic hydroxyl groups excluding tert-OH is 1. The van der Waals surface area contributed by atoms with E-state index in [-0.39, 0.29) is 24.6 Å². The zero-order chi connectivity index (χ0) is 14.1.